The Morgan fingerprint density at radius 2 is 1.60 bits per heavy atom. The second-order valence-corrected chi connectivity index (χ2v) is 7.44. The number of methoxy groups -OCH3 is 1. The number of esters is 1. The summed E-state index contributed by atoms with van der Waals surface area (Å²) in [6.07, 6.45) is 0. The number of aryl methyl sites for hydroxylation is 1. The number of hydrogen-bond acceptors (Lipinski definition) is 6. The maximum atomic E-state index is 12.5. The minimum absolute atomic E-state index is 0.0599. The van der Waals surface area contributed by atoms with Gasteiger partial charge in [0.25, 0.3) is 0 Å². The van der Waals surface area contributed by atoms with Gasteiger partial charge in [0.1, 0.15) is 0 Å². The van der Waals surface area contributed by atoms with Crippen LogP contribution in [0.25, 0.3) is 0 Å². The van der Waals surface area contributed by atoms with Crippen LogP contribution in [0.5, 0.6) is 0 Å². The smallest absolute Gasteiger partial charge is 0.337 e. The van der Waals surface area contributed by atoms with Crippen molar-refractivity contribution in [3.63, 3.8) is 0 Å². The number of benzene rings is 2. The standard InChI is InChI=1S/C23H27N3O4/c1-16-4-5-19(23(29)30-3)14-21(16)24-22(28)15-25-10-12-26(13-11-25)20-8-6-18(7-9-20)17(2)27/h4-9,14H,10-13,15H2,1-3H3,(H,24,28). The van der Waals surface area contributed by atoms with Gasteiger partial charge in [-0.3, -0.25) is 14.5 Å². The van der Waals surface area contributed by atoms with Gasteiger partial charge in [-0.1, -0.05) is 6.07 Å². The lowest BCUT2D eigenvalue weighted by Crippen LogP contribution is -2.48. The average Bonchev–Trinajstić information content (AvgIpc) is 2.75. The Kier molecular flexibility index (Phi) is 6.84. The SMILES string of the molecule is COC(=O)c1ccc(C)c(NC(=O)CN2CCN(c3ccc(C(C)=O)cc3)CC2)c1. The first-order valence-corrected chi connectivity index (χ1v) is 9.94. The van der Waals surface area contributed by atoms with Crippen molar-refractivity contribution in [1.82, 2.24) is 4.90 Å². The summed E-state index contributed by atoms with van der Waals surface area (Å²) >= 11 is 0. The number of Topliss-reactive ketones (excluding diaryl/α,β-unsaturated/α-hetero) is 1. The van der Waals surface area contributed by atoms with Crippen LogP contribution < -0.4 is 10.2 Å². The van der Waals surface area contributed by atoms with Crippen molar-refractivity contribution in [3.05, 3.63) is 59.2 Å². The first-order chi connectivity index (χ1) is 14.4. The number of nitrogens with one attached hydrogen (secondary N) is 1. The molecule has 0 atom stereocenters. The van der Waals surface area contributed by atoms with Crippen LogP contribution in [-0.4, -0.2) is 62.4 Å². The fourth-order valence-electron chi connectivity index (χ4n) is 3.47. The van der Waals surface area contributed by atoms with Crippen molar-refractivity contribution in [2.24, 2.45) is 0 Å². The molecule has 30 heavy (non-hydrogen) atoms. The number of nitrogens with zero attached hydrogens (tertiary/aromatic N) is 2. The summed E-state index contributed by atoms with van der Waals surface area (Å²) in [7, 11) is 1.33. The molecule has 0 spiro atoms. The van der Waals surface area contributed by atoms with Gasteiger partial charge < -0.3 is 15.0 Å². The largest absolute Gasteiger partial charge is 0.465 e. The number of ether oxygens (including phenoxy) is 1. The fraction of sp³-hybridized carbons (Fsp3) is 0.348. The summed E-state index contributed by atoms with van der Waals surface area (Å²) in [6, 6.07) is 12.7. The van der Waals surface area contributed by atoms with Crippen LogP contribution in [0.2, 0.25) is 0 Å². The van der Waals surface area contributed by atoms with E-state index in [0.29, 0.717) is 23.4 Å². The Labute approximate surface area is 176 Å². The highest BCUT2D eigenvalue weighted by Gasteiger charge is 2.20. The predicted octanol–water partition coefficient (Wildman–Crippen LogP) is 2.74. The summed E-state index contributed by atoms with van der Waals surface area (Å²) in [5.41, 5.74) is 3.70. The molecule has 158 valence electrons. The van der Waals surface area contributed by atoms with Gasteiger partial charge in [0.2, 0.25) is 5.91 Å². The summed E-state index contributed by atoms with van der Waals surface area (Å²) in [5.74, 6) is -0.484. The molecule has 1 amide bonds. The molecule has 0 bridgehead atoms. The zero-order valence-corrected chi connectivity index (χ0v) is 17.6. The van der Waals surface area contributed by atoms with Crippen LogP contribution in [0.3, 0.4) is 0 Å². The molecule has 1 aliphatic heterocycles. The molecule has 1 N–H and O–H groups in total. The molecule has 0 unspecified atom stereocenters. The summed E-state index contributed by atoms with van der Waals surface area (Å²) in [6.45, 7) is 6.89. The fourth-order valence-corrected chi connectivity index (χ4v) is 3.47. The molecule has 3 rings (SSSR count). The average molecular weight is 409 g/mol. The number of amides is 1. The van der Waals surface area contributed by atoms with Gasteiger partial charge in [-0.25, -0.2) is 4.79 Å². The van der Waals surface area contributed by atoms with Gasteiger partial charge in [-0.05, 0) is 55.8 Å². The van der Waals surface area contributed by atoms with E-state index < -0.39 is 5.97 Å². The normalized spacial score (nSPS) is 14.3. The number of hydrogen-bond donors (Lipinski definition) is 1. The van der Waals surface area contributed by atoms with Gasteiger partial charge >= 0.3 is 5.97 Å². The number of carbonyl (C=O) groups excluding carboxylic acids is 3. The van der Waals surface area contributed by atoms with Crippen LogP contribution >= 0.6 is 0 Å². The molecule has 1 heterocycles. The van der Waals surface area contributed by atoms with E-state index in [0.717, 1.165) is 37.4 Å². The molecule has 0 aromatic heterocycles. The number of anilines is 2. The first-order valence-electron chi connectivity index (χ1n) is 9.94. The van der Waals surface area contributed by atoms with Crippen LogP contribution in [0, 0.1) is 6.92 Å². The van der Waals surface area contributed by atoms with E-state index in [1.807, 2.05) is 31.2 Å². The number of ketones is 1. The van der Waals surface area contributed by atoms with Crippen molar-refractivity contribution in [2.45, 2.75) is 13.8 Å². The molecule has 1 fully saturated rings. The van der Waals surface area contributed by atoms with E-state index in [1.165, 1.54) is 7.11 Å². The second-order valence-electron chi connectivity index (χ2n) is 7.44. The molecule has 0 saturated carbocycles. The van der Waals surface area contributed by atoms with E-state index >= 15 is 0 Å². The molecule has 7 heteroatoms. The maximum Gasteiger partial charge on any atom is 0.337 e. The number of carbonyl (C=O) groups is 3. The van der Waals surface area contributed by atoms with Crippen molar-refractivity contribution in [2.75, 3.05) is 50.1 Å². The highest BCUT2D eigenvalue weighted by atomic mass is 16.5. The minimum Gasteiger partial charge on any atom is -0.465 e. The molecular formula is C23H27N3O4. The third-order valence-corrected chi connectivity index (χ3v) is 5.31. The lowest BCUT2D eigenvalue weighted by molar-refractivity contribution is -0.117. The van der Waals surface area contributed by atoms with Crippen LogP contribution in [0.4, 0.5) is 11.4 Å². The quantitative estimate of drug-likeness (QED) is 0.584. The molecule has 2 aromatic rings. The van der Waals surface area contributed by atoms with Gasteiger partial charge in [0.05, 0.1) is 19.2 Å². The Balaban J connectivity index is 1.53. The molecule has 0 radical (unpaired) electrons. The lowest BCUT2D eigenvalue weighted by atomic mass is 10.1. The van der Waals surface area contributed by atoms with Gasteiger partial charge in [-0.15, -0.1) is 0 Å². The first kappa shape index (κ1) is 21.5. The molecule has 0 aliphatic carbocycles. The van der Waals surface area contributed by atoms with Crippen molar-refractivity contribution in [1.29, 1.82) is 0 Å². The molecule has 2 aromatic carbocycles. The van der Waals surface area contributed by atoms with Gasteiger partial charge in [-0.2, -0.15) is 0 Å². The highest BCUT2D eigenvalue weighted by molar-refractivity contribution is 5.96. The second kappa shape index (κ2) is 9.54. The van der Waals surface area contributed by atoms with E-state index in [4.69, 9.17) is 4.74 Å². The van der Waals surface area contributed by atoms with E-state index in [-0.39, 0.29) is 11.7 Å². The summed E-state index contributed by atoms with van der Waals surface area (Å²) in [5, 5.41) is 2.90. The highest BCUT2D eigenvalue weighted by Crippen LogP contribution is 2.19. The van der Waals surface area contributed by atoms with Gasteiger partial charge in [0.15, 0.2) is 5.78 Å². The summed E-state index contributed by atoms with van der Waals surface area (Å²) < 4.78 is 4.74. The Bertz CT molecular complexity index is 932. The monoisotopic (exact) mass is 409 g/mol. The minimum atomic E-state index is -0.432. The predicted molar refractivity (Wildman–Crippen MR) is 116 cm³/mol. The van der Waals surface area contributed by atoms with E-state index in [9.17, 15) is 14.4 Å². The van der Waals surface area contributed by atoms with E-state index in [1.54, 1.807) is 25.1 Å². The Morgan fingerprint density at radius 3 is 2.20 bits per heavy atom. The van der Waals surface area contributed by atoms with Crippen LogP contribution in [0.15, 0.2) is 42.5 Å². The maximum absolute atomic E-state index is 12.5. The van der Waals surface area contributed by atoms with Gasteiger partial charge in [0, 0.05) is 43.1 Å². The van der Waals surface area contributed by atoms with Crippen LogP contribution in [0.1, 0.15) is 33.2 Å². The molecule has 7 nitrogen and oxygen atoms in total. The molecule has 1 saturated heterocycles. The zero-order valence-electron chi connectivity index (χ0n) is 17.6. The Hall–Kier alpha value is -3.19. The lowest BCUT2D eigenvalue weighted by Gasteiger charge is -2.35. The van der Waals surface area contributed by atoms with E-state index in [2.05, 4.69) is 15.1 Å². The molecular weight excluding hydrogens is 382 g/mol. The third kappa shape index (κ3) is 5.24. The zero-order chi connectivity index (χ0) is 21.7. The van der Waals surface area contributed by atoms with Crippen molar-refractivity contribution in [3.8, 4) is 0 Å². The number of rotatable bonds is 6. The Morgan fingerprint density at radius 1 is 0.967 bits per heavy atom. The number of piperazine rings is 1. The van der Waals surface area contributed by atoms with Crippen molar-refractivity contribution < 1.29 is 19.1 Å². The topological polar surface area (TPSA) is 79.0 Å². The van der Waals surface area contributed by atoms with Crippen molar-refractivity contribution >= 4 is 29.0 Å². The summed E-state index contributed by atoms with van der Waals surface area (Å²) in [4.78, 5) is 40.0. The third-order valence-electron chi connectivity index (χ3n) is 5.31. The van der Waals surface area contributed by atoms with Crippen LogP contribution in [-0.2, 0) is 9.53 Å². The molecule has 1 aliphatic rings.